The number of imide groups is 1. The zero-order valence-electron chi connectivity index (χ0n) is 13.3. The molecule has 26 heavy (non-hydrogen) atoms. The van der Waals surface area contributed by atoms with Crippen LogP contribution in [0.3, 0.4) is 0 Å². The van der Waals surface area contributed by atoms with Gasteiger partial charge in [0, 0.05) is 9.51 Å². The van der Waals surface area contributed by atoms with Crippen molar-refractivity contribution in [2.45, 2.75) is 6.54 Å². The van der Waals surface area contributed by atoms with Gasteiger partial charge >= 0.3 is 0 Å². The molecule has 2 amide bonds. The summed E-state index contributed by atoms with van der Waals surface area (Å²) in [6.07, 6.45) is 3.47. The normalized spacial score (nSPS) is 16.7. The number of rotatable bonds is 4. The first-order valence-corrected chi connectivity index (χ1v) is 9.54. The van der Waals surface area contributed by atoms with Crippen LogP contribution in [0.2, 0.25) is 5.02 Å². The predicted octanol–water partition coefficient (Wildman–Crippen LogP) is 5.99. The molecule has 0 aromatic heterocycles. The third-order valence-corrected chi connectivity index (χ3v) is 5.31. The smallest absolute Gasteiger partial charge is 0.268 e. The molecule has 1 saturated heterocycles. The maximum absolute atomic E-state index is 13.1. The summed E-state index contributed by atoms with van der Waals surface area (Å²) in [5.74, 6) is -0.874. The highest BCUT2D eigenvalue weighted by atomic mass is 79.9. The van der Waals surface area contributed by atoms with E-state index in [1.165, 1.54) is 12.1 Å². The molecule has 1 heterocycles. The van der Waals surface area contributed by atoms with Gasteiger partial charge in [-0.05, 0) is 47.2 Å². The second-order valence-electron chi connectivity index (χ2n) is 5.44. The molecule has 1 fully saturated rings. The molecule has 7 heteroatoms. The first kappa shape index (κ1) is 18.9. The van der Waals surface area contributed by atoms with E-state index in [0.29, 0.717) is 15.0 Å². The van der Waals surface area contributed by atoms with Crippen molar-refractivity contribution in [3.63, 3.8) is 0 Å². The third-order valence-electron chi connectivity index (χ3n) is 3.59. The van der Waals surface area contributed by atoms with E-state index in [1.807, 2.05) is 36.4 Å². The quantitative estimate of drug-likeness (QED) is 0.534. The summed E-state index contributed by atoms with van der Waals surface area (Å²) in [7, 11) is 0. The van der Waals surface area contributed by atoms with Crippen molar-refractivity contribution >= 4 is 56.5 Å². The Hall–Kier alpha value is -1.89. The van der Waals surface area contributed by atoms with E-state index >= 15 is 0 Å². The number of amides is 2. The van der Waals surface area contributed by atoms with Crippen LogP contribution in [0.15, 0.2) is 64.0 Å². The monoisotopic (exact) mass is 451 g/mol. The van der Waals surface area contributed by atoms with E-state index in [0.717, 1.165) is 28.3 Å². The lowest BCUT2D eigenvalue weighted by Gasteiger charge is -2.13. The zero-order valence-corrected chi connectivity index (χ0v) is 16.4. The van der Waals surface area contributed by atoms with Gasteiger partial charge in [-0.25, -0.2) is 4.39 Å². The number of thioether (sulfide) groups is 1. The van der Waals surface area contributed by atoms with Crippen LogP contribution >= 0.6 is 39.3 Å². The number of benzene rings is 2. The summed E-state index contributed by atoms with van der Waals surface area (Å²) in [5.41, 5.74) is 1.48. The Morgan fingerprint density at radius 3 is 2.62 bits per heavy atom. The van der Waals surface area contributed by atoms with E-state index in [-0.39, 0.29) is 16.8 Å². The molecule has 1 aliphatic rings. The van der Waals surface area contributed by atoms with Gasteiger partial charge in [-0.2, -0.15) is 0 Å². The fraction of sp³-hybridized carbons (Fsp3) is 0.0526. The molecule has 0 N–H and O–H groups in total. The van der Waals surface area contributed by atoms with Gasteiger partial charge in [-0.15, -0.1) is 0 Å². The molecule has 0 saturated carbocycles. The number of hydrogen-bond donors (Lipinski definition) is 0. The number of allylic oxidation sites excluding steroid dienone is 2. The molecular weight excluding hydrogens is 441 g/mol. The van der Waals surface area contributed by atoms with Crippen molar-refractivity contribution in [3.8, 4) is 0 Å². The minimum absolute atomic E-state index is 0.00113. The Balaban J connectivity index is 1.79. The first-order chi connectivity index (χ1) is 12.4. The molecule has 0 aliphatic carbocycles. The van der Waals surface area contributed by atoms with Gasteiger partial charge in [0.15, 0.2) is 0 Å². The molecule has 2 aromatic carbocycles. The van der Waals surface area contributed by atoms with E-state index < -0.39 is 11.7 Å². The Labute approximate surface area is 167 Å². The molecule has 3 nitrogen and oxygen atoms in total. The number of hydrogen-bond acceptors (Lipinski definition) is 3. The summed E-state index contributed by atoms with van der Waals surface area (Å²) < 4.78 is 13.8. The van der Waals surface area contributed by atoms with E-state index in [4.69, 9.17) is 11.6 Å². The van der Waals surface area contributed by atoms with Crippen LogP contribution in [0.5, 0.6) is 0 Å². The summed E-state index contributed by atoms with van der Waals surface area (Å²) in [6.45, 7) is 0.00113. The van der Waals surface area contributed by atoms with Crippen LogP contribution in [0.25, 0.3) is 6.08 Å². The van der Waals surface area contributed by atoms with Gasteiger partial charge in [-0.3, -0.25) is 14.5 Å². The SMILES string of the molecule is O=C1S/C(=C\C(Br)=C\c2ccccc2)C(=O)N1Cc1ccc(F)cc1Cl. The first-order valence-electron chi connectivity index (χ1n) is 7.55. The molecule has 3 rings (SSSR count). The Morgan fingerprint density at radius 1 is 1.19 bits per heavy atom. The maximum atomic E-state index is 13.1. The van der Waals surface area contributed by atoms with Gasteiger partial charge < -0.3 is 0 Å². The zero-order chi connectivity index (χ0) is 18.7. The number of carbonyl (C=O) groups excluding carboxylic acids is 2. The number of nitrogens with zero attached hydrogens (tertiary/aromatic N) is 1. The van der Waals surface area contributed by atoms with Crippen LogP contribution in [0.1, 0.15) is 11.1 Å². The van der Waals surface area contributed by atoms with Gasteiger partial charge in [0.2, 0.25) is 0 Å². The van der Waals surface area contributed by atoms with E-state index in [9.17, 15) is 14.0 Å². The second kappa shape index (κ2) is 8.20. The third kappa shape index (κ3) is 4.44. The fourth-order valence-electron chi connectivity index (χ4n) is 2.33. The molecule has 0 atom stereocenters. The molecular formula is C19H12BrClFNO2S. The highest BCUT2D eigenvalue weighted by Gasteiger charge is 2.35. The molecule has 1 aliphatic heterocycles. The average molecular weight is 453 g/mol. The van der Waals surface area contributed by atoms with Crippen molar-refractivity contribution in [3.05, 3.63) is 86.0 Å². The lowest BCUT2D eigenvalue weighted by molar-refractivity contribution is -0.123. The minimum Gasteiger partial charge on any atom is -0.268 e. The summed E-state index contributed by atoms with van der Waals surface area (Å²) in [5, 5.41) is -0.208. The van der Waals surface area contributed by atoms with Crippen LogP contribution in [-0.4, -0.2) is 16.0 Å². The topological polar surface area (TPSA) is 37.4 Å². The predicted molar refractivity (Wildman–Crippen MR) is 106 cm³/mol. The lowest BCUT2D eigenvalue weighted by Crippen LogP contribution is -2.27. The minimum atomic E-state index is -0.470. The van der Waals surface area contributed by atoms with Crippen molar-refractivity contribution in [2.75, 3.05) is 0 Å². The highest BCUT2D eigenvalue weighted by molar-refractivity contribution is 9.12. The summed E-state index contributed by atoms with van der Waals surface area (Å²) in [6, 6.07) is 13.5. The van der Waals surface area contributed by atoms with Gasteiger partial charge in [0.25, 0.3) is 11.1 Å². The molecule has 0 spiro atoms. The van der Waals surface area contributed by atoms with Crippen LogP contribution in [0, 0.1) is 5.82 Å². The lowest BCUT2D eigenvalue weighted by atomic mass is 10.2. The van der Waals surface area contributed by atoms with Crippen molar-refractivity contribution in [1.82, 2.24) is 4.90 Å². The molecule has 132 valence electrons. The molecule has 0 radical (unpaired) electrons. The van der Waals surface area contributed by atoms with Crippen LogP contribution in [0.4, 0.5) is 9.18 Å². The Morgan fingerprint density at radius 2 is 1.92 bits per heavy atom. The Bertz CT molecular complexity index is 930. The van der Waals surface area contributed by atoms with Gasteiger partial charge in [-0.1, -0.05) is 63.9 Å². The van der Waals surface area contributed by atoms with E-state index in [2.05, 4.69) is 15.9 Å². The number of carbonyl (C=O) groups is 2. The standard InChI is InChI=1S/C19H12BrClFNO2S/c20-14(8-12-4-2-1-3-5-12)9-17-18(24)23(19(25)26-17)11-13-6-7-15(22)10-16(13)21/h1-10H,11H2/b14-8-,17-9-. The van der Waals surface area contributed by atoms with Gasteiger partial charge in [0.05, 0.1) is 11.4 Å². The molecule has 2 aromatic rings. The van der Waals surface area contributed by atoms with Crippen LogP contribution < -0.4 is 0 Å². The van der Waals surface area contributed by atoms with E-state index in [1.54, 1.807) is 6.08 Å². The van der Waals surface area contributed by atoms with Crippen molar-refractivity contribution in [1.29, 1.82) is 0 Å². The molecule has 0 unspecified atom stereocenters. The van der Waals surface area contributed by atoms with Crippen molar-refractivity contribution in [2.24, 2.45) is 0 Å². The second-order valence-corrected chi connectivity index (χ2v) is 7.76. The summed E-state index contributed by atoms with van der Waals surface area (Å²) >= 11 is 10.3. The molecule has 0 bridgehead atoms. The number of halogens is 3. The average Bonchev–Trinajstić information content (AvgIpc) is 2.85. The Kier molecular flexibility index (Phi) is 5.96. The highest BCUT2D eigenvalue weighted by Crippen LogP contribution is 2.34. The largest absolute Gasteiger partial charge is 0.293 e. The fourth-order valence-corrected chi connectivity index (χ4v) is 4.03. The maximum Gasteiger partial charge on any atom is 0.293 e. The van der Waals surface area contributed by atoms with Gasteiger partial charge in [0.1, 0.15) is 5.82 Å². The summed E-state index contributed by atoms with van der Waals surface area (Å²) in [4.78, 5) is 26.1. The van der Waals surface area contributed by atoms with Crippen molar-refractivity contribution < 1.29 is 14.0 Å². The van der Waals surface area contributed by atoms with Crippen LogP contribution in [-0.2, 0) is 11.3 Å².